The second kappa shape index (κ2) is 6.44. The van der Waals surface area contributed by atoms with Crippen LogP contribution in [0.4, 0.5) is 5.69 Å². The summed E-state index contributed by atoms with van der Waals surface area (Å²) in [4.78, 5) is 12.0. The zero-order valence-electron chi connectivity index (χ0n) is 11.3. The van der Waals surface area contributed by atoms with E-state index in [1.54, 1.807) is 12.1 Å². The highest BCUT2D eigenvalue weighted by Gasteiger charge is 2.10. The van der Waals surface area contributed by atoms with Gasteiger partial charge in [-0.25, -0.2) is 0 Å². The van der Waals surface area contributed by atoms with Crippen LogP contribution in [0.3, 0.4) is 0 Å². The van der Waals surface area contributed by atoms with E-state index in [-0.39, 0.29) is 11.9 Å². The first kappa shape index (κ1) is 14.4. The summed E-state index contributed by atoms with van der Waals surface area (Å²) in [6, 6.07) is 14.7. The van der Waals surface area contributed by atoms with Crippen LogP contribution >= 0.6 is 11.6 Å². The van der Waals surface area contributed by atoms with E-state index in [2.05, 4.69) is 5.32 Å². The first-order chi connectivity index (χ1) is 9.54. The van der Waals surface area contributed by atoms with Crippen LogP contribution in [0.25, 0.3) is 0 Å². The average Bonchev–Trinajstić information content (AvgIpc) is 2.41. The highest BCUT2D eigenvalue weighted by Crippen LogP contribution is 2.16. The molecule has 0 fully saturated rings. The minimum Gasteiger partial charge on any atom is -0.399 e. The first-order valence-corrected chi connectivity index (χ1v) is 6.81. The summed E-state index contributed by atoms with van der Waals surface area (Å²) in [6.07, 6.45) is 0.337. The lowest BCUT2D eigenvalue weighted by Crippen LogP contribution is -2.28. The van der Waals surface area contributed by atoms with Gasteiger partial charge in [0.25, 0.3) is 0 Å². The molecule has 0 aliphatic heterocycles. The molecule has 2 rings (SSSR count). The Kier molecular flexibility index (Phi) is 4.64. The minimum atomic E-state index is -0.0710. The van der Waals surface area contributed by atoms with E-state index in [9.17, 15) is 4.79 Å². The van der Waals surface area contributed by atoms with Crippen molar-refractivity contribution in [2.24, 2.45) is 0 Å². The minimum absolute atomic E-state index is 0.0257. The number of carbonyl (C=O) groups excluding carboxylic acids is 1. The molecule has 0 radical (unpaired) electrons. The van der Waals surface area contributed by atoms with Gasteiger partial charge in [0, 0.05) is 10.7 Å². The van der Waals surface area contributed by atoms with Crippen molar-refractivity contribution in [2.45, 2.75) is 19.4 Å². The summed E-state index contributed by atoms with van der Waals surface area (Å²) in [5, 5.41) is 3.63. The van der Waals surface area contributed by atoms with E-state index >= 15 is 0 Å². The van der Waals surface area contributed by atoms with Crippen LogP contribution in [-0.2, 0) is 11.2 Å². The van der Waals surface area contributed by atoms with Crippen LogP contribution in [0.1, 0.15) is 24.1 Å². The number of anilines is 1. The predicted molar refractivity (Wildman–Crippen MR) is 82.6 cm³/mol. The van der Waals surface area contributed by atoms with Crippen LogP contribution in [0, 0.1) is 0 Å². The number of amides is 1. The van der Waals surface area contributed by atoms with Crippen molar-refractivity contribution in [3.05, 3.63) is 64.7 Å². The summed E-state index contributed by atoms with van der Waals surface area (Å²) in [5.74, 6) is -0.0257. The van der Waals surface area contributed by atoms with Gasteiger partial charge in [-0.2, -0.15) is 0 Å². The highest BCUT2D eigenvalue weighted by atomic mass is 35.5. The maximum Gasteiger partial charge on any atom is 0.224 e. The monoisotopic (exact) mass is 288 g/mol. The summed E-state index contributed by atoms with van der Waals surface area (Å²) in [7, 11) is 0. The Morgan fingerprint density at radius 2 is 1.95 bits per heavy atom. The Bertz CT molecular complexity index is 596. The van der Waals surface area contributed by atoms with E-state index in [0.717, 1.165) is 11.1 Å². The second-order valence-corrected chi connectivity index (χ2v) is 5.20. The standard InChI is InChI=1S/C16H17ClN2O/c1-11(13-3-2-4-15(18)10-13)19-16(20)9-12-5-7-14(17)8-6-12/h2-8,10-11H,9,18H2,1H3,(H,19,20). The van der Waals surface area contributed by atoms with Crippen molar-refractivity contribution in [3.8, 4) is 0 Å². The SMILES string of the molecule is CC(NC(=O)Cc1ccc(Cl)cc1)c1cccc(N)c1. The van der Waals surface area contributed by atoms with Gasteiger partial charge in [-0.05, 0) is 42.3 Å². The number of benzene rings is 2. The molecule has 1 amide bonds. The van der Waals surface area contributed by atoms with Crippen LogP contribution < -0.4 is 11.1 Å². The number of nitrogens with one attached hydrogen (secondary N) is 1. The normalized spacial score (nSPS) is 11.9. The van der Waals surface area contributed by atoms with Crippen molar-refractivity contribution < 1.29 is 4.79 Å². The Balaban J connectivity index is 1.95. The van der Waals surface area contributed by atoms with Crippen molar-refractivity contribution in [3.63, 3.8) is 0 Å². The summed E-state index contributed by atoms with van der Waals surface area (Å²) in [6.45, 7) is 1.94. The summed E-state index contributed by atoms with van der Waals surface area (Å²) in [5.41, 5.74) is 8.37. The Morgan fingerprint density at radius 1 is 1.25 bits per heavy atom. The van der Waals surface area contributed by atoms with Gasteiger partial charge in [-0.1, -0.05) is 35.9 Å². The first-order valence-electron chi connectivity index (χ1n) is 6.44. The van der Waals surface area contributed by atoms with Gasteiger partial charge >= 0.3 is 0 Å². The van der Waals surface area contributed by atoms with E-state index in [1.807, 2.05) is 43.3 Å². The smallest absolute Gasteiger partial charge is 0.224 e. The lowest BCUT2D eigenvalue weighted by atomic mass is 10.1. The predicted octanol–water partition coefficient (Wildman–Crippen LogP) is 3.34. The number of nitrogens with two attached hydrogens (primary N) is 1. The quantitative estimate of drug-likeness (QED) is 0.848. The maximum absolute atomic E-state index is 12.0. The number of rotatable bonds is 4. The molecule has 0 aliphatic carbocycles. The van der Waals surface area contributed by atoms with Crippen molar-refractivity contribution >= 4 is 23.2 Å². The molecule has 0 saturated heterocycles. The number of hydrogen-bond donors (Lipinski definition) is 2. The van der Waals surface area contributed by atoms with Gasteiger partial charge in [0.05, 0.1) is 12.5 Å². The number of nitrogen functional groups attached to an aromatic ring is 1. The second-order valence-electron chi connectivity index (χ2n) is 4.76. The molecule has 3 nitrogen and oxygen atoms in total. The fourth-order valence-electron chi connectivity index (χ4n) is 1.99. The molecule has 0 spiro atoms. The van der Waals surface area contributed by atoms with Gasteiger partial charge in [0.15, 0.2) is 0 Å². The Labute approximate surface area is 123 Å². The molecule has 1 unspecified atom stereocenters. The van der Waals surface area contributed by atoms with Crippen LogP contribution in [0.15, 0.2) is 48.5 Å². The van der Waals surface area contributed by atoms with Crippen LogP contribution in [-0.4, -0.2) is 5.91 Å². The molecule has 2 aromatic rings. The molecule has 3 N–H and O–H groups in total. The zero-order chi connectivity index (χ0) is 14.5. The fourth-order valence-corrected chi connectivity index (χ4v) is 2.12. The molecule has 2 aromatic carbocycles. The molecule has 0 saturated carbocycles. The third-order valence-electron chi connectivity index (χ3n) is 3.07. The van der Waals surface area contributed by atoms with E-state index in [1.165, 1.54) is 0 Å². The molecule has 4 heteroatoms. The Morgan fingerprint density at radius 3 is 2.60 bits per heavy atom. The van der Waals surface area contributed by atoms with Crippen LogP contribution in [0.2, 0.25) is 5.02 Å². The molecule has 0 aliphatic rings. The van der Waals surface area contributed by atoms with E-state index in [4.69, 9.17) is 17.3 Å². The number of hydrogen-bond acceptors (Lipinski definition) is 2. The lowest BCUT2D eigenvalue weighted by Gasteiger charge is -2.15. The van der Waals surface area contributed by atoms with Crippen molar-refractivity contribution in [2.75, 3.05) is 5.73 Å². The number of carbonyl (C=O) groups is 1. The topological polar surface area (TPSA) is 55.1 Å². The molecular weight excluding hydrogens is 272 g/mol. The zero-order valence-corrected chi connectivity index (χ0v) is 12.0. The molecule has 0 heterocycles. The van der Waals surface area contributed by atoms with Gasteiger partial charge in [0.1, 0.15) is 0 Å². The van der Waals surface area contributed by atoms with Gasteiger partial charge in [0.2, 0.25) is 5.91 Å². The molecule has 1 atom stereocenters. The average molecular weight is 289 g/mol. The van der Waals surface area contributed by atoms with Crippen molar-refractivity contribution in [1.82, 2.24) is 5.32 Å². The highest BCUT2D eigenvalue weighted by molar-refractivity contribution is 6.30. The molecule has 0 aromatic heterocycles. The van der Waals surface area contributed by atoms with Crippen molar-refractivity contribution in [1.29, 1.82) is 0 Å². The molecule has 0 bridgehead atoms. The van der Waals surface area contributed by atoms with E-state index < -0.39 is 0 Å². The van der Waals surface area contributed by atoms with E-state index in [0.29, 0.717) is 17.1 Å². The molecular formula is C16H17ClN2O. The van der Waals surface area contributed by atoms with Gasteiger partial charge < -0.3 is 11.1 Å². The largest absolute Gasteiger partial charge is 0.399 e. The molecule has 104 valence electrons. The Hall–Kier alpha value is -2.00. The summed E-state index contributed by atoms with van der Waals surface area (Å²) >= 11 is 5.82. The maximum atomic E-state index is 12.0. The summed E-state index contributed by atoms with van der Waals surface area (Å²) < 4.78 is 0. The number of halogens is 1. The van der Waals surface area contributed by atoms with Gasteiger partial charge in [-0.3, -0.25) is 4.79 Å². The lowest BCUT2D eigenvalue weighted by molar-refractivity contribution is -0.121. The third kappa shape index (κ3) is 4.00. The van der Waals surface area contributed by atoms with Gasteiger partial charge in [-0.15, -0.1) is 0 Å². The third-order valence-corrected chi connectivity index (χ3v) is 3.32. The molecule has 20 heavy (non-hydrogen) atoms. The van der Waals surface area contributed by atoms with Crippen LogP contribution in [0.5, 0.6) is 0 Å². The fraction of sp³-hybridized carbons (Fsp3) is 0.188.